The number of ether oxygens (including phenoxy) is 1. The molecule has 1 nitrogen and oxygen atoms in total. The van der Waals surface area contributed by atoms with Crippen LogP contribution in [-0.4, -0.2) is 0 Å². The fourth-order valence-corrected chi connectivity index (χ4v) is 2.54. The molecule has 0 aliphatic rings. The van der Waals surface area contributed by atoms with E-state index in [1.165, 1.54) is 16.7 Å². The molecule has 0 aliphatic heterocycles. The molecule has 2 aromatic carbocycles. The third kappa shape index (κ3) is 3.86. The summed E-state index contributed by atoms with van der Waals surface area (Å²) in [5.41, 5.74) is 3.90. The minimum atomic E-state index is 0.150. The highest BCUT2D eigenvalue weighted by Gasteiger charge is 2.15. The predicted molar refractivity (Wildman–Crippen MR) is 88.4 cm³/mol. The summed E-state index contributed by atoms with van der Waals surface area (Å²) in [7, 11) is 0. The molecule has 0 atom stereocenters. The first-order valence-corrected chi connectivity index (χ1v) is 7.64. The number of benzene rings is 2. The maximum Gasteiger partial charge on any atom is 0.134 e. The highest BCUT2D eigenvalue weighted by atomic mass is 79.9. The van der Waals surface area contributed by atoms with Gasteiger partial charge in [0.1, 0.15) is 12.4 Å². The predicted octanol–water partition coefficient (Wildman–Crippen LogP) is 5.63. The molecule has 20 heavy (non-hydrogen) atoms. The number of aryl methyl sites for hydroxylation is 1. The summed E-state index contributed by atoms with van der Waals surface area (Å²) in [5, 5.41) is 0. The highest BCUT2D eigenvalue weighted by Crippen LogP contribution is 2.31. The third-order valence-electron chi connectivity index (χ3n) is 3.27. The van der Waals surface area contributed by atoms with E-state index in [1.807, 2.05) is 6.07 Å². The van der Waals surface area contributed by atoms with Crippen LogP contribution < -0.4 is 4.74 Å². The summed E-state index contributed by atoms with van der Waals surface area (Å²) in [6, 6.07) is 14.7. The molecule has 2 aromatic rings. The molecule has 0 aliphatic carbocycles. The maximum atomic E-state index is 5.90. The van der Waals surface area contributed by atoms with Crippen LogP contribution >= 0.6 is 15.9 Å². The van der Waals surface area contributed by atoms with Crippen LogP contribution in [0.3, 0.4) is 0 Å². The van der Waals surface area contributed by atoms with Crippen LogP contribution in [0.5, 0.6) is 5.75 Å². The average Bonchev–Trinajstić information content (AvgIpc) is 2.36. The van der Waals surface area contributed by atoms with Gasteiger partial charge in [-0.15, -0.1) is 0 Å². The van der Waals surface area contributed by atoms with Gasteiger partial charge in [0.25, 0.3) is 0 Å². The van der Waals surface area contributed by atoms with Gasteiger partial charge in [0.2, 0.25) is 0 Å². The Balaban J connectivity index is 2.11. The second kappa shape index (κ2) is 6.01. The summed E-state index contributed by atoms with van der Waals surface area (Å²) in [6.07, 6.45) is 0. The van der Waals surface area contributed by atoms with E-state index in [1.54, 1.807) is 0 Å². The Bertz CT molecular complexity index is 597. The van der Waals surface area contributed by atoms with Crippen LogP contribution in [0.1, 0.15) is 37.5 Å². The van der Waals surface area contributed by atoms with Crippen molar-refractivity contribution in [2.24, 2.45) is 0 Å². The Morgan fingerprint density at radius 3 is 2.40 bits per heavy atom. The van der Waals surface area contributed by atoms with Crippen molar-refractivity contribution in [2.75, 3.05) is 0 Å². The van der Waals surface area contributed by atoms with Crippen molar-refractivity contribution in [2.45, 2.75) is 39.7 Å². The van der Waals surface area contributed by atoms with Crippen molar-refractivity contribution < 1.29 is 4.74 Å². The Hall–Kier alpha value is -1.28. The van der Waals surface area contributed by atoms with Crippen molar-refractivity contribution in [3.63, 3.8) is 0 Å². The molecule has 0 unspecified atom stereocenters. The molecule has 2 heteroatoms. The van der Waals surface area contributed by atoms with Crippen LogP contribution in [-0.2, 0) is 12.0 Å². The molecule has 2 rings (SSSR count). The molecular formula is C18H21BrO. The minimum absolute atomic E-state index is 0.150. The number of rotatable bonds is 3. The van der Waals surface area contributed by atoms with Crippen molar-refractivity contribution in [3.05, 3.63) is 63.6 Å². The largest absolute Gasteiger partial charge is 0.488 e. The summed E-state index contributed by atoms with van der Waals surface area (Å²) in [5.74, 6) is 0.888. The van der Waals surface area contributed by atoms with E-state index in [0.29, 0.717) is 6.61 Å². The van der Waals surface area contributed by atoms with Crippen LogP contribution in [0.25, 0.3) is 0 Å². The second-order valence-corrected chi connectivity index (χ2v) is 7.03. The summed E-state index contributed by atoms with van der Waals surface area (Å²) in [4.78, 5) is 0. The van der Waals surface area contributed by atoms with E-state index in [9.17, 15) is 0 Å². The molecule has 0 spiro atoms. The van der Waals surface area contributed by atoms with Crippen molar-refractivity contribution in [1.82, 2.24) is 0 Å². The number of hydrogen-bond donors (Lipinski definition) is 0. The van der Waals surface area contributed by atoms with Crippen LogP contribution in [0, 0.1) is 6.92 Å². The lowest BCUT2D eigenvalue weighted by molar-refractivity contribution is 0.304. The van der Waals surface area contributed by atoms with E-state index >= 15 is 0 Å². The molecule has 0 N–H and O–H groups in total. The van der Waals surface area contributed by atoms with Gasteiger partial charge in [-0.1, -0.05) is 56.7 Å². The fraction of sp³-hybridized carbons (Fsp3) is 0.333. The monoisotopic (exact) mass is 332 g/mol. The van der Waals surface area contributed by atoms with Gasteiger partial charge < -0.3 is 4.74 Å². The first-order chi connectivity index (χ1) is 9.36. The minimum Gasteiger partial charge on any atom is -0.488 e. The fourth-order valence-electron chi connectivity index (χ4n) is 2.05. The first-order valence-electron chi connectivity index (χ1n) is 6.84. The Kier molecular flexibility index (Phi) is 4.54. The molecule has 0 saturated heterocycles. The van der Waals surface area contributed by atoms with Gasteiger partial charge in [-0.25, -0.2) is 0 Å². The zero-order valence-electron chi connectivity index (χ0n) is 12.5. The average molecular weight is 333 g/mol. The van der Waals surface area contributed by atoms with Crippen LogP contribution in [0.4, 0.5) is 0 Å². The van der Waals surface area contributed by atoms with E-state index in [0.717, 1.165) is 10.2 Å². The first kappa shape index (κ1) is 15.1. The Morgan fingerprint density at radius 2 is 1.80 bits per heavy atom. The maximum absolute atomic E-state index is 5.90. The summed E-state index contributed by atoms with van der Waals surface area (Å²) >= 11 is 3.60. The SMILES string of the molecule is Cc1cccc(COc2ccc(C(C)(C)C)cc2Br)c1. The van der Waals surface area contributed by atoms with E-state index in [4.69, 9.17) is 4.74 Å². The van der Waals surface area contributed by atoms with Crippen molar-refractivity contribution >= 4 is 15.9 Å². The molecule has 0 amide bonds. The van der Waals surface area contributed by atoms with Crippen LogP contribution in [0.2, 0.25) is 0 Å². The molecule has 0 saturated carbocycles. The number of hydrogen-bond acceptors (Lipinski definition) is 1. The lowest BCUT2D eigenvalue weighted by Gasteiger charge is -2.20. The van der Waals surface area contributed by atoms with E-state index in [-0.39, 0.29) is 5.41 Å². The van der Waals surface area contributed by atoms with E-state index in [2.05, 4.69) is 80.0 Å². The summed E-state index contributed by atoms with van der Waals surface area (Å²) < 4.78 is 6.91. The number of halogens is 1. The lowest BCUT2D eigenvalue weighted by atomic mass is 9.87. The van der Waals surface area contributed by atoms with Gasteiger partial charge in [0.05, 0.1) is 4.47 Å². The molecule has 0 bridgehead atoms. The van der Waals surface area contributed by atoms with Gasteiger partial charge in [-0.05, 0) is 51.5 Å². The molecular weight excluding hydrogens is 312 g/mol. The smallest absolute Gasteiger partial charge is 0.134 e. The van der Waals surface area contributed by atoms with Crippen molar-refractivity contribution in [1.29, 1.82) is 0 Å². The molecule has 0 aromatic heterocycles. The molecule has 0 fully saturated rings. The zero-order chi connectivity index (χ0) is 14.8. The van der Waals surface area contributed by atoms with Gasteiger partial charge >= 0.3 is 0 Å². The van der Waals surface area contributed by atoms with E-state index < -0.39 is 0 Å². The third-order valence-corrected chi connectivity index (χ3v) is 3.89. The van der Waals surface area contributed by atoms with Crippen molar-refractivity contribution in [3.8, 4) is 5.75 Å². The summed E-state index contributed by atoms with van der Waals surface area (Å²) in [6.45, 7) is 9.32. The van der Waals surface area contributed by atoms with Gasteiger partial charge in [0.15, 0.2) is 0 Å². The zero-order valence-corrected chi connectivity index (χ0v) is 14.1. The quantitative estimate of drug-likeness (QED) is 0.707. The Morgan fingerprint density at radius 1 is 1.05 bits per heavy atom. The Labute approximate surface area is 130 Å². The van der Waals surface area contributed by atoms with Crippen LogP contribution in [0.15, 0.2) is 46.9 Å². The molecule has 106 valence electrons. The molecule has 0 radical (unpaired) electrons. The lowest BCUT2D eigenvalue weighted by Crippen LogP contribution is -2.11. The standard InChI is InChI=1S/C18H21BrO/c1-13-6-5-7-14(10-13)12-20-17-9-8-15(11-16(17)19)18(2,3)4/h5-11H,12H2,1-4H3. The van der Waals surface area contributed by atoms with Gasteiger partial charge in [-0.3, -0.25) is 0 Å². The highest BCUT2D eigenvalue weighted by molar-refractivity contribution is 9.10. The van der Waals surface area contributed by atoms with Gasteiger partial charge in [0, 0.05) is 0 Å². The normalized spacial score (nSPS) is 11.4. The second-order valence-electron chi connectivity index (χ2n) is 6.17. The topological polar surface area (TPSA) is 9.23 Å². The van der Waals surface area contributed by atoms with Gasteiger partial charge in [-0.2, -0.15) is 0 Å². The molecule has 0 heterocycles.